The number of carbonyl (C=O) groups is 1. The number of aromatic nitrogens is 1. The topological polar surface area (TPSA) is 63.1 Å². The summed E-state index contributed by atoms with van der Waals surface area (Å²) >= 11 is 0. The lowest BCUT2D eigenvalue weighted by Crippen LogP contribution is -2.38. The van der Waals surface area contributed by atoms with Gasteiger partial charge in [0.1, 0.15) is 0 Å². The van der Waals surface area contributed by atoms with Crippen molar-refractivity contribution in [3.8, 4) is 0 Å². The minimum absolute atomic E-state index is 0.0567. The number of pyridine rings is 1. The third-order valence-corrected chi connectivity index (χ3v) is 4.86. The fourth-order valence-corrected chi connectivity index (χ4v) is 3.50. The number of rotatable bonds is 6. The Morgan fingerprint density at radius 3 is 2.21 bits per heavy atom. The summed E-state index contributed by atoms with van der Waals surface area (Å²) in [5.74, 6) is -0.177. The highest BCUT2D eigenvalue weighted by Gasteiger charge is 2.22. The SMILES string of the molecule is CCC(NC(=O)c1c(C)n(NC(C)C)c(=O)c2ccccc12)c1ccccc1. The minimum atomic E-state index is -0.177. The van der Waals surface area contributed by atoms with E-state index in [-0.39, 0.29) is 23.6 Å². The average Bonchev–Trinajstić information content (AvgIpc) is 2.70. The van der Waals surface area contributed by atoms with Gasteiger partial charge in [0.2, 0.25) is 0 Å². The molecule has 1 atom stereocenters. The zero-order valence-corrected chi connectivity index (χ0v) is 16.8. The number of fused-ring (bicyclic) bond motifs is 1. The molecule has 3 aromatic rings. The quantitative estimate of drug-likeness (QED) is 0.678. The van der Waals surface area contributed by atoms with Crippen molar-refractivity contribution in [2.75, 3.05) is 5.43 Å². The number of carbonyl (C=O) groups excluding carboxylic acids is 1. The molecule has 0 fully saturated rings. The first-order valence-electron chi connectivity index (χ1n) is 9.70. The van der Waals surface area contributed by atoms with E-state index in [0.717, 1.165) is 12.0 Å². The molecule has 3 rings (SSSR count). The highest BCUT2D eigenvalue weighted by atomic mass is 16.2. The lowest BCUT2D eigenvalue weighted by atomic mass is 10.0. The summed E-state index contributed by atoms with van der Waals surface area (Å²) in [6, 6.07) is 17.2. The zero-order valence-electron chi connectivity index (χ0n) is 16.8. The highest BCUT2D eigenvalue weighted by molar-refractivity contribution is 6.07. The third kappa shape index (κ3) is 3.79. The molecule has 5 heteroatoms. The Bertz CT molecular complexity index is 1040. The molecule has 0 aliphatic rings. The molecule has 1 aromatic heterocycles. The van der Waals surface area contributed by atoms with Crippen LogP contribution in [0.5, 0.6) is 0 Å². The van der Waals surface area contributed by atoms with Crippen molar-refractivity contribution < 1.29 is 4.79 Å². The van der Waals surface area contributed by atoms with Gasteiger partial charge in [-0.15, -0.1) is 0 Å². The molecule has 0 saturated carbocycles. The lowest BCUT2D eigenvalue weighted by molar-refractivity contribution is 0.0936. The first-order chi connectivity index (χ1) is 13.4. The molecule has 0 bridgehead atoms. The van der Waals surface area contributed by atoms with Gasteiger partial charge in [-0.2, -0.15) is 0 Å². The Balaban J connectivity index is 2.11. The Morgan fingerprint density at radius 2 is 1.61 bits per heavy atom. The maximum absolute atomic E-state index is 13.3. The molecule has 2 aromatic carbocycles. The summed E-state index contributed by atoms with van der Waals surface area (Å²) in [6.45, 7) is 7.78. The van der Waals surface area contributed by atoms with Gasteiger partial charge in [-0.3, -0.25) is 9.59 Å². The van der Waals surface area contributed by atoms with Crippen LogP contribution in [-0.2, 0) is 0 Å². The normalized spacial score (nSPS) is 12.2. The van der Waals surface area contributed by atoms with Crippen LogP contribution in [0, 0.1) is 6.92 Å². The van der Waals surface area contributed by atoms with E-state index in [1.807, 2.05) is 76.2 Å². The standard InChI is InChI=1S/C23H27N3O2/c1-5-20(17-11-7-6-8-12-17)24-22(27)21-16(4)26(25-15(2)3)23(28)19-14-10-9-13-18(19)21/h6-15,20,25H,5H2,1-4H3,(H,24,27). The second-order valence-corrected chi connectivity index (χ2v) is 7.28. The van der Waals surface area contributed by atoms with Crippen molar-refractivity contribution in [2.24, 2.45) is 0 Å². The summed E-state index contributed by atoms with van der Waals surface area (Å²) in [4.78, 5) is 26.2. The van der Waals surface area contributed by atoms with Crippen LogP contribution >= 0.6 is 0 Å². The lowest BCUT2D eigenvalue weighted by Gasteiger charge is -2.22. The van der Waals surface area contributed by atoms with Crippen LogP contribution in [0.2, 0.25) is 0 Å². The van der Waals surface area contributed by atoms with E-state index in [9.17, 15) is 9.59 Å². The second-order valence-electron chi connectivity index (χ2n) is 7.28. The minimum Gasteiger partial charge on any atom is -0.345 e. The Hall–Kier alpha value is -3.08. The van der Waals surface area contributed by atoms with Crippen LogP contribution in [0.15, 0.2) is 59.4 Å². The van der Waals surface area contributed by atoms with Gasteiger partial charge in [0.25, 0.3) is 11.5 Å². The largest absolute Gasteiger partial charge is 0.345 e. The number of amides is 1. The first kappa shape index (κ1) is 19.7. The predicted molar refractivity (Wildman–Crippen MR) is 114 cm³/mol. The van der Waals surface area contributed by atoms with E-state index in [1.54, 1.807) is 6.07 Å². The molecular formula is C23H27N3O2. The summed E-state index contributed by atoms with van der Waals surface area (Å²) < 4.78 is 1.49. The number of nitrogens with zero attached hydrogens (tertiary/aromatic N) is 1. The zero-order chi connectivity index (χ0) is 20.3. The van der Waals surface area contributed by atoms with Crippen LogP contribution in [-0.4, -0.2) is 16.6 Å². The van der Waals surface area contributed by atoms with Crippen molar-refractivity contribution in [1.82, 2.24) is 9.99 Å². The molecule has 0 radical (unpaired) electrons. The van der Waals surface area contributed by atoms with E-state index >= 15 is 0 Å². The Labute approximate surface area is 165 Å². The molecular weight excluding hydrogens is 350 g/mol. The van der Waals surface area contributed by atoms with E-state index in [2.05, 4.69) is 10.7 Å². The highest BCUT2D eigenvalue weighted by Crippen LogP contribution is 2.22. The van der Waals surface area contributed by atoms with E-state index in [1.165, 1.54) is 4.68 Å². The van der Waals surface area contributed by atoms with Gasteiger partial charge in [-0.05, 0) is 38.8 Å². The maximum atomic E-state index is 13.3. The molecule has 146 valence electrons. The van der Waals surface area contributed by atoms with Gasteiger partial charge in [-0.1, -0.05) is 55.5 Å². The molecule has 1 amide bonds. The summed E-state index contributed by atoms with van der Waals surface area (Å²) in [5.41, 5.74) is 5.21. The van der Waals surface area contributed by atoms with Crippen LogP contribution in [0.3, 0.4) is 0 Å². The average molecular weight is 377 g/mol. The van der Waals surface area contributed by atoms with Gasteiger partial charge in [0.15, 0.2) is 0 Å². The number of benzene rings is 2. The van der Waals surface area contributed by atoms with Crippen LogP contribution in [0.4, 0.5) is 0 Å². The summed E-state index contributed by atoms with van der Waals surface area (Å²) in [7, 11) is 0. The van der Waals surface area contributed by atoms with Crippen molar-refractivity contribution in [3.05, 3.63) is 81.8 Å². The molecule has 0 saturated heterocycles. The molecule has 1 unspecified atom stereocenters. The fraction of sp³-hybridized carbons (Fsp3) is 0.304. The fourth-order valence-electron chi connectivity index (χ4n) is 3.50. The van der Waals surface area contributed by atoms with Gasteiger partial charge in [0, 0.05) is 16.8 Å². The second kappa shape index (κ2) is 8.30. The number of nitrogens with one attached hydrogen (secondary N) is 2. The number of hydrogen-bond acceptors (Lipinski definition) is 3. The van der Waals surface area contributed by atoms with Gasteiger partial charge in [-0.25, -0.2) is 4.68 Å². The third-order valence-electron chi connectivity index (χ3n) is 4.86. The summed E-state index contributed by atoms with van der Waals surface area (Å²) in [5, 5.41) is 4.35. The van der Waals surface area contributed by atoms with Crippen LogP contribution < -0.4 is 16.3 Å². The van der Waals surface area contributed by atoms with Gasteiger partial charge >= 0.3 is 0 Å². The Kier molecular flexibility index (Phi) is 5.83. The molecule has 28 heavy (non-hydrogen) atoms. The van der Waals surface area contributed by atoms with Crippen molar-refractivity contribution in [1.29, 1.82) is 0 Å². The predicted octanol–water partition coefficient (Wildman–Crippen LogP) is 4.14. The molecule has 0 spiro atoms. The maximum Gasteiger partial charge on any atom is 0.276 e. The molecule has 1 heterocycles. The molecule has 0 aliphatic heterocycles. The smallest absolute Gasteiger partial charge is 0.276 e. The molecule has 5 nitrogen and oxygen atoms in total. The first-order valence-corrected chi connectivity index (χ1v) is 9.70. The monoisotopic (exact) mass is 377 g/mol. The molecule has 0 aliphatic carbocycles. The van der Waals surface area contributed by atoms with Crippen LogP contribution in [0.1, 0.15) is 54.8 Å². The van der Waals surface area contributed by atoms with Crippen molar-refractivity contribution in [2.45, 2.75) is 46.2 Å². The molecule has 2 N–H and O–H groups in total. The summed E-state index contributed by atoms with van der Waals surface area (Å²) in [6.07, 6.45) is 0.774. The van der Waals surface area contributed by atoms with E-state index in [4.69, 9.17) is 0 Å². The van der Waals surface area contributed by atoms with Crippen LogP contribution in [0.25, 0.3) is 10.8 Å². The number of hydrogen-bond donors (Lipinski definition) is 2. The van der Waals surface area contributed by atoms with Gasteiger partial charge in [0.05, 0.1) is 17.3 Å². The van der Waals surface area contributed by atoms with Crippen molar-refractivity contribution in [3.63, 3.8) is 0 Å². The van der Waals surface area contributed by atoms with Gasteiger partial charge < -0.3 is 10.7 Å². The van der Waals surface area contributed by atoms with E-state index < -0.39 is 0 Å². The Morgan fingerprint density at radius 1 is 1.00 bits per heavy atom. The van der Waals surface area contributed by atoms with Crippen molar-refractivity contribution >= 4 is 16.7 Å². The van der Waals surface area contributed by atoms with E-state index in [0.29, 0.717) is 22.0 Å².